The van der Waals surface area contributed by atoms with Crippen LogP contribution >= 0.6 is 0 Å². The molecule has 0 saturated carbocycles. The summed E-state index contributed by atoms with van der Waals surface area (Å²) in [4.78, 5) is 5.00. The second-order valence-electron chi connectivity index (χ2n) is 7.00. The molecule has 2 nitrogen and oxygen atoms in total. The molecule has 0 radical (unpaired) electrons. The van der Waals surface area contributed by atoms with Gasteiger partial charge in [-0.3, -0.25) is 4.90 Å². The Morgan fingerprint density at radius 2 is 1.80 bits per heavy atom. The summed E-state index contributed by atoms with van der Waals surface area (Å²) in [5.74, 6) is 0. The van der Waals surface area contributed by atoms with Crippen LogP contribution in [0.5, 0.6) is 0 Å². The smallest absolute Gasteiger partial charge is 0.0230 e. The summed E-state index contributed by atoms with van der Waals surface area (Å²) < 4.78 is 0. The molecular weight excluding hydrogens is 184 g/mol. The van der Waals surface area contributed by atoms with Crippen molar-refractivity contribution in [2.24, 2.45) is 5.41 Å². The van der Waals surface area contributed by atoms with Crippen LogP contribution in [0.15, 0.2) is 0 Å². The Hall–Kier alpha value is -0.0800. The van der Waals surface area contributed by atoms with Gasteiger partial charge < -0.3 is 4.90 Å². The number of likely N-dealkylation sites (tertiary alicyclic amines) is 1. The summed E-state index contributed by atoms with van der Waals surface area (Å²) in [6.07, 6.45) is 1.31. The highest BCUT2D eigenvalue weighted by molar-refractivity contribution is 4.91. The van der Waals surface area contributed by atoms with Crippen LogP contribution in [0.4, 0.5) is 0 Å². The van der Waals surface area contributed by atoms with Gasteiger partial charge in [-0.15, -0.1) is 0 Å². The van der Waals surface area contributed by atoms with E-state index in [2.05, 4.69) is 58.5 Å². The molecule has 2 heteroatoms. The van der Waals surface area contributed by atoms with Gasteiger partial charge in [-0.1, -0.05) is 13.8 Å². The van der Waals surface area contributed by atoms with Crippen LogP contribution in [0.25, 0.3) is 0 Å². The van der Waals surface area contributed by atoms with E-state index in [4.69, 9.17) is 0 Å². The molecular formula is C13H28N2. The van der Waals surface area contributed by atoms with Gasteiger partial charge in [0.1, 0.15) is 0 Å². The lowest BCUT2D eigenvalue weighted by atomic mass is 9.80. The molecule has 0 aromatic carbocycles. The maximum Gasteiger partial charge on any atom is 0.0230 e. The van der Waals surface area contributed by atoms with Crippen molar-refractivity contribution in [3.05, 3.63) is 0 Å². The Bertz CT molecular complexity index is 215. The van der Waals surface area contributed by atoms with Crippen LogP contribution in [0, 0.1) is 5.41 Å². The van der Waals surface area contributed by atoms with Crippen molar-refractivity contribution in [1.82, 2.24) is 9.80 Å². The molecule has 1 atom stereocenters. The van der Waals surface area contributed by atoms with Crippen LogP contribution in [-0.4, -0.2) is 48.6 Å². The van der Waals surface area contributed by atoms with Crippen LogP contribution in [0.3, 0.4) is 0 Å². The second-order valence-corrected chi connectivity index (χ2v) is 7.00. The highest BCUT2D eigenvalue weighted by Gasteiger charge is 2.35. The van der Waals surface area contributed by atoms with Gasteiger partial charge in [0.15, 0.2) is 0 Å². The van der Waals surface area contributed by atoms with Gasteiger partial charge in [0.05, 0.1) is 0 Å². The lowest BCUT2D eigenvalue weighted by Crippen LogP contribution is -2.55. The van der Waals surface area contributed by atoms with E-state index in [-0.39, 0.29) is 5.54 Å². The first-order valence-corrected chi connectivity index (χ1v) is 6.03. The third kappa shape index (κ3) is 3.46. The van der Waals surface area contributed by atoms with Gasteiger partial charge in [-0.05, 0) is 46.7 Å². The molecule has 0 aromatic rings. The van der Waals surface area contributed by atoms with E-state index in [1.54, 1.807) is 0 Å². The van der Waals surface area contributed by atoms with E-state index >= 15 is 0 Å². The molecule has 1 heterocycles. The number of hydrogen-bond acceptors (Lipinski definition) is 2. The predicted octanol–water partition coefficient (Wildman–Crippen LogP) is 2.45. The van der Waals surface area contributed by atoms with Crippen molar-refractivity contribution in [3.63, 3.8) is 0 Å². The molecule has 0 N–H and O–H groups in total. The highest BCUT2D eigenvalue weighted by atomic mass is 15.2. The molecule has 1 fully saturated rings. The van der Waals surface area contributed by atoms with Crippen molar-refractivity contribution >= 4 is 0 Å². The Labute approximate surface area is 95.6 Å². The molecule has 0 aromatic heterocycles. The third-order valence-electron chi connectivity index (χ3n) is 3.61. The molecule has 0 spiro atoms. The quantitative estimate of drug-likeness (QED) is 0.659. The maximum atomic E-state index is 2.53. The first kappa shape index (κ1) is 13.0. The van der Waals surface area contributed by atoms with Gasteiger partial charge in [-0.25, -0.2) is 0 Å². The van der Waals surface area contributed by atoms with Crippen molar-refractivity contribution in [3.8, 4) is 0 Å². The van der Waals surface area contributed by atoms with Gasteiger partial charge in [-0.2, -0.15) is 0 Å². The first-order valence-electron chi connectivity index (χ1n) is 6.03. The normalized spacial score (nSPS) is 28.4. The van der Waals surface area contributed by atoms with Crippen LogP contribution in [0.1, 0.15) is 41.0 Å². The summed E-state index contributed by atoms with van der Waals surface area (Å²) in [5.41, 5.74) is 0.732. The summed E-state index contributed by atoms with van der Waals surface area (Å²) in [6.45, 7) is 14.1. The number of nitrogens with zero attached hydrogens (tertiary/aromatic N) is 2. The third-order valence-corrected chi connectivity index (χ3v) is 3.61. The number of piperidine rings is 1. The van der Waals surface area contributed by atoms with Gasteiger partial charge in [0, 0.05) is 24.7 Å². The lowest BCUT2D eigenvalue weighted by Gasteiger charge is -2.48. The van der Waals surface area contributed by atoms with Gasteiger partial charge in [0.2, 0.25) is 0 Å². The minimum Gasteiger partial charge on any atom is -0.304 e. The van der Waals surface area contributed by atoms with E-state index < -0.39 is 0 Å². The molecule has 90 valence electrons. The molecule has 0 aliphatic carbocycles. The Balaban J connectivity index is 2.70. The van der Waals surface area contributed by atoms with E-state index in [0.717, 1.165) is 0 Å². The minimum absolute atomic E-state index is 0.277. The first-order chi connectivity index (χ1) is 6.62. The largest absolute Gasteiger partial charge is 0.304 e. The van der Waals surface area contributed by atoms with E-state index in [1.807, 2.05) is 0 Å². The topological polar surface area (TPSA) is 6.48 Å². The Morgan fingerprint density at radius 3 is 2.20 bits per heavy atom. The maximum absolute atomic E-state index is 2.53. The summed E-state index contributed by atoms with van der Waals surface area (Å²) >= 11 is 0. The highest BCUT2D eigenvalue weighted by Crippen LogP contribution is 2.32. The molecule has 1 aliphatic heterocycles. The molecule has 1 saturated heterocycles. The summed E-state index contributed by atoms with van der Waals surface area (Å²) in [6, 6.07) is 0.693. The SMILES string of the molecule is CN1CC(N(C)C(C)(C)C)CC(C)(C)C1. The monoisotopic (exact) mass is 212 g/mol. The number of rotatable bonds is 1. The summed E-state index contributed by atoms with van der Waals surface area (Å²) in [5, 5.41) is 0. The average Bonchev–Trinajstić information content (AvgIpc) is 1.97. The molecule has 1 rings (SSSR count). The molecule has 0 amide bonds. The molecule has 15 heavy (non-hydrogen) atoms. The van der Waals surface area contributed by atoms with Gasteiger partial charge >= 0.3 is 0 Å². The fourth-order valence-electron chi connectivity index (χ4n) is 2.73. The van der Waals surface area contributed by atoms with Crippen molar-refractivity contribution in [2.75, 3.05) is 27.2 Å². The zero-order chi connectivity index (χ0) is 11.9. The molecule has 1 aliphatic rings. The van der Waals surface area contributed by atoms with Crippen molar-refractivity contribution < 1.29 is 0 Å². The van der Waals surface area contributed by atoms with Crippen LogP contribution in [0.2, 0.25) is 0 Å². The molecule has 0 bridgehead atoms. The van der Waals surface area contributed by atoms with Crippen molar-refractivity contribution in [1.29, 1.82) is 0 Å². The minimum atomic E-state index is 0.277. The van der Waals surface area contributed by atoms with E-state index in [0.29, 0.717) is 11.5 Å². The number of likely N-dealkylation sites (N-methyl/N-ethyl adjacent to an activating group) is 2. The van der Waals surface area contributed by atoms with Crippen molar-refractivity contribution in [2.45, 2.75) is 52.6 Å². The zero-order valence-corrected chi connectivity index (χ0v) is 11.6. The fraction of sp³-hybridized carbons (Fsp3) is 1.00. The van der Waals surface area contributed by atoms with Crippen LogP contribution < -0.4 is 0 Å². The average molecular weight is 212 g/mol. The molecule has 1 unspecified atom stereocenters. The number of hydrogen-bond donors (Lipinski definition) is 0. The summed E-state index contributed by atoms with van der Waals surface area (Å²) in [7, 11) is 4.50. The zero-order valence-electron chi connectivity index (χ0n) is 11.6. The Morgan fingerprint density at radius 1 is 1.27 bits per heavy atom. The predicted molar refractivity (Wildman–Crippen MR) is 67.2 cm³/mol. The standard InChI is InChI=1S/C13H28N2/c1-12(2,3)15(7)11-8-13(4,5)10-14(6)9-11/h11H,8-10H2,1-7H3. The van der Waals surface area contributed by atoms with Crippen LogP contribution in [-0.2, 0) is 0 Å². The lowest BCUT2D eigenvalue weighted by molar-refractivity contribution is 0.0159. The Kier molecular flexibility index (Phi) is 3.52. The second kappa shape index (κ2) is 4.06. The van der Waals surface area contributed by atoms with E-state index in [1.165, 1.54) is 19.5 Å². The fourth-order valence-corrected chi connectivity index (χ4v) is 2.73. The van der Waals surface area contributed by atoms with Gasteiger partial charge in [0.25, 0.3) is 0 Å². The van der Waals surface area contributed by atoms with E-state index in [9.17, 15) is 0 Å².